The molecule has 1 fully saturated rings. The number of rotatable bonds is 9. The van der Waals surface area contributed by atoms with Crippen molar-refractivity contribution in [2.45, 2.75) is 63.1 Å². The second-order valence-electron chi connectivity index (χ2n) is 7.94. The van der Waals surface area contributed by atoms with E-state index in [0.717, 1.165) is 31.2 Å². The molecule has 0 N–H and O–H groups in total. The molecule has 31 heavy (non-hydrogen) atoms. The Bertz CT molecular complexity index is 1000. The van der Waals surface area contributed by atoms with E-state index < -0.39 is 10.0 Å². The smallest absolute Gasteiger partial charge is 0.247 e. The van der Waals surface area contributed by atoms with Gasteiger partial charge in [-0.25, -0.2) is 8.42 Å². The molecule has 1 saturated carbocycles. The van der Waals surface area contributed by atoms with E-state index in [9.17, 15) is 8.42 Å². The average molecular weight is 468 g/mol. The van der Waals surface area contributed by atoms with Gasteiger partial charge in [-0.15, -0.1) is 0 Å². The number of methoxy groups -OCH3 is 2. The van der Waals surface area contributed by atoms with Gasteiger partial charge >= 0.3 is 0 Å². The predicted octanol–water partition coefficient (Wildman–Crippen LogP) is 5.28. The molecule has 1 aliphatic rings. The number of sulfonamides is 1. The average Bonchev–Trinajstić information content (AvgIpc) is 3.26. The standard InChI is InChI=1S/C23H30ClNO5S/c1-16(2)30-22-13-17(9-11-20(22)28-3)15-25(19-7-5-6-8-19)31(26,27)23-14-18(24)10-12-21(23)29-4/h9-14,16,19H,5-8,15H2,1-4H3. The molecule has 1 aliphatic carbocycles. The summed E-state index contributed by atoms with van der Waals surface area (Å²) in [6, 6.07) is 10.1. The molecule has 170 valence electrons. The van der Waals surface area contributed by atoms with Crippen molar-refractivity contribution in [2.75, 3.05) is 14.2 Å². The van der Waals surface area contributed by atoms with Crippen molar-refractivity contribution in [3.05, 3.63) is 47.0 Å². The van der Waals surface area contributed by atoms with Crippen molar-refractivity contribution < 1.29 is 22.6 Å². The molecular weight excluding hydrogens is 438 g/mol. The molecular formula is C23H30ClNO5S. The van der Waals surface area contributed by atoms with Gasteiger partial charge in [0.2, 0.25) is 10.0 Å². The van der Waals surface area contributed by atoms with E-state index in [1.807, 2.05) is 32.0 Å². The Morgan fingerprint density at radius 3 is 2.26 bits per heavy atom. The van der Waals surface area contributed by atoms with Crippen LogP contribution in [0, 0.1) is 0 Å². The first-order valence-corrected chi connectivity index (χ1v) is 12.3. The summed E-state index contributed by atoms with van der Waals surface area (Å²) < 4.78 is 45.7. The van der Waals surface area contributed by atoms with Gasteiger partial charge in [0.05, 0.1) is 20.3 Å². The fourth-order valence-corrected chi connectivity index (χ4v) is 6.02. The SMILES string of the molecule is COc1ccc(CN(C2CCCC2)S(=O)(=O)c2cc(Cl)ccc2OC)cc1OC(C)C. The second-order valence-corrected chi connectivity index (χ2v) is 10.2. The zero-order chi connectivity index (χ0) is 22.6. The summed E-state index contributed by atoms with van der Waals surface area (Å²) in [6.45, 7) is 4.10. The topological polar surface area (TPSA) is 65.1 Å². The van der Waals surface area contributed by atoms with Crippen LogP contribution in [0.5, 0.6) is 17.2 Å². The normalized spacial score (nSPS) is 14.9. The molecule has 3 rings (SSSR count). The van der Waals surface area contributed by atoms with Gasteiger partial charge in [-0.2, -0.15) is 4.31 Å². The van der Waals surface area contributed by atoms with Crippen molar-refractivity contribution in [1.29, 1.82) is 0 Å². The molecule has 0 heterocycles. The maximum absolute atomic E-state index is 13.8. The molecule has 2 aromatic carbocycles. The molecule has 0 radical (unpaired) electrons. The summed E-state index contributed by atoms with van der Waals surface area (Å²) >= 11 is 6.14. The Labute approximate surface area is 190 Å². The van der Waals surface area contributed by atoms with Crippen molar-refractivity contribution >= 4 is 21.6 Å². The number of ether oxygens (including phenoxy) is 3. The van der Waals surface area contributed by atoms with E-state index in [0.29, 0.717) is 16.5 Å². The minimum Gasteiger partial charge on any atom is -0.495 e. The van der Waals surface area contributed by atoms with Gasteiger partial charge in [0.25, 0.3) is 0 Å². The number of benzene rings is 2. The van der Waals surface area contributed by atoms with E-state index in [1.54, 1.807) is 23.5 Å². The van der Waals surface area contributed by atoms with Crippen LogP contribution in [0.3, 0.4) is 0 Å². The van der Waals surface area contributed by atoms with Crippen LogP contribution in [0.4, 0.5) is 0 Å². The number of halogens is 1. The molecule has 0 saturated heterocycles. The first kappa shape index (κ1) is 23.7. The van der Waals surface area contributed by atoms with E-state index in [1.165, 1.54) is 13.2 Å². The molecule has 0 amide bonds. The summed E-state index contributed by atoms with van der Waals surface area (Å²) in [5.41, 5.74) is 0.827. The third-order valence-electron chi connectivity index (χ3n) is 5.37. The Hall–Kier alpha value is -1.96. The van der Waals surface area contributed by atoms with Crippen LogP contribution < -0.4 is 14.2 Å². The number of nitrogens with zero attached hydrogens (tertiary/aromatic N) is 1. The van der Waals surface area contributed by atoms with Crippen molar-refractivity contribution in [3.63, 3.8) is 0 Å². The van der Waals surface area contributed by atoms with Crippen molar-refractivity contribution in [2.24, 2.45) is 0 Å². The summed E-state index contributed by atoms with van der Waals surface area (Å²) in [6.07, 6.45) is 3.64. The summed E-state index contributed by atoms with van der Waals surface area (Å²) in [4.78, 5) is 0.0848. The lowest BCUT2D eigenvalue weighted by Crippen LogP contribution is -2.38. The highest BCUT2D eigenvalue weighted by atomic mass is 35.5. The lowest BCUT2D eigenvalue weighted by atomic mass is 10.1. The van der Waals surface area contributed by atoms with Gasteiger partial charge in [-0.3, -0.25) is 0 Å². The van der Waals surface area contributed by atoms with Crippen LogP contribution in [0.15, 0.2) is 41.3 Å². The zero-order valence-corrected chi connectivity index (χ0v) is 20.0. The highest BCUT2D eigenvalue weighted by Crippen LogP contribution is 2.36. The van der Waals surface area contributed by atoms with Gasteiger partial charge in [0.1, 0.15) is 10.6 Å². The van der Waals surface area contributed by atoms with Crippen LogP contribution in [0.25, 0.3) is 0 Å². The molecule has 8 heteroatoms. The Morgan fingerprint density at radius 2 is 1.65 bits per heavy atom. The summed E-state index contributed by atoms with van der Waals surface area (Å²) in [7, 11) is -0.802. The van der Waals surface area contributed by atoms with Crippen LogP contribution in [0.1, 0.15) is 45.1 Å². The molecule has 0 spiro atoms. The summed E-state index contributed by atoms with van der Waals surface area (Å²) in [5.74, 6) is 1.49. The fourth-order valence-electron chi connectivity index (χ4n) is 3.93. The Morgan fingerprint density at radius 1 is 1.00 bits per heavy atom. The minimum atomic E-state index is -3.85. The Kier molecular flexibility index (Phi) is 7.73. The molecule has 0 bridgehead atoms. The Balaban J connectivity index is 2.02. The van der Waals surface area contributed by atoms with Crippen molar-refractivity contribution in [3.8, 4) is 17.2 Å². The van der Waals surface area contributed by atoms with E-state index in [-0.39, 0.29) is 29.3 Å². The van der Waals surface area contributed by atoms with Crippen LogP contribution in [0.2, 0.25) is 5.02 Å². The maximum Gasteiger partial charge on any atom is 0.247 e. The molecule has 0 atom stereocenters. The minimum absolute atomic E-state index is 0.0328. The van der Waals surface area contributed by atoms with E-state index in [4.69, 9.17) is 25.8 Å². The largest absolute Gasteiger partial charge is 0.495 e. The molecule has 2 aromatic rings. The van der Waals surface area contributed by atoms with Crippen molar-refractivity contribution in [1.82, 2.24) is 4.31 Å². The highest BCUT2D eigenvalue weighted by molar-refractivity contribution is 7.89. The second kappa shape index (κ2) is 10.1. The van der Waals surface area contributed by atoms with Gasteiger partial charge in [0, 0.05) is 17.6 Å². The zero-order valence-electron chi connectivity index (χ0n) is 18.4. The first-order valence-electron chi connectivity index (χ1n) is 10.4. The van der Waals surface area contributed by atoms with Crippen LogP contribution in [-0.4, -0.2) is 39.1 Å². The molecule has 0 aliphatic heterocycles. The van der Waals surface area contributed by atoms with Gasteiger partial charge in [0.15, 0.2) is 11.5 Å². The molecule has 0 aromatic heterocycles. The highest BCUT2D eigenvalue weighted by Gasteiger charge is 2.35. The quantitative estimate of drug-likeness (QED) is 0.502. The number of hydrogen-bond acceptors (Lipinski definition) is 5. The molecule has 6 nitrogen and oxygen atoms in total. The first-order chi connectivity index (χ1) is 14.8. The lowest BCUT2D eigenvalue weighted by Gasteiger charge is -2.29. The van der Waals surface area contributed by atoms with Gasteiger partial charge in [-0.05, 0) is 62.6 Å². The van der Waals surface area contributed by atoms with Gasteiger partial charge in [-0.1, -0.05) is 30.5 Å². The summed E-state index contributed by atoms with van der Waals surface area (Å²) in [5, 5.41) is 0.350. The lowest BCUT2D eigenvalue weighted by molar-refractivity contribution is 0.229. The van der Waals surface area contributed by atoms with Crippen LogP contribution in [-0.2, 0) is 16.6 Å². The van der Waals surface area contributed by atoms with E-state index in [2.05, 4.69) is 0 Å². The third kappa shape index (κ3) is 5.45. The third-order valence-corrected chi connectivity index (χ3v) is 7.53. The fraction of sp³-hybridized carbons (Fsp3) is 0.478. The van der Waals surface area contributed by atoms with E-state index >= 15 is 0 Å². The maximum atomic E-state index is 13.8. The monoisotopic (exact) mass is 467 g/mol. The number of hydrogen-bond donors (Lipinski definition) is 0. The van der Waals surface area contributed by atoms with Crippen LogP contribution >= 0.6 is 11.6 Å². The molecule has 0 unspecified atom stereocenters. The van der Waals surface area contributed by atoms with Gasteiger partial charge < -0.3 is 14.2 Å². The predicted molar refractivity (Wildman–Crippen MR) is 122 cm³/mol.